The molecule has 48 heavy (non-hydrogen) atoms. The second-order valence-corrected chi connectivity index (χ2v) is 10.7. The molecule has 0 saturated carbocycles. The molecule has 0 saturated heterocycles. The van der Waals surface area contributed by atoms with Gasteiger partial charge in [-0.05, 0) is 65.9 Å². The van der Waals surface area contributed by atoms with Crippen LogP contribution in [0.25, 0.3) is 45.5 Å². The van der Waals surface area contributed by atoms with E-state index in [4.69, 9.17) is 18.7 Å². The number of esters is 1. The number of aromatic carboxylic acids is 1. The lowest BCUT2D eigenvalue weighted by Gasteiger charge is -2.05. The van der Waals surface area contributed by atoms with E-state index >= 15 is 0 Å². The zero-order chi connectivity index (χ0) is 34.3. The molecule has 244 valence electrons. The summed E-state index contributed by atoms with van der Waals surface area (Å²) in [7, 11) is 0. The third-order valence-corrected chi connectivity index (χ3v) is 7.69. The van der Waals surface area contributed by atoms with Crippen molar-refractivity contribution in [1.29, 1.82) is 0 Å². The summed E-state index contributed by atoms with van der Waals surface area (Å²) in [5.74, 6) is -5.98. The van der Waals surface area contributed by atoms with E-state index in [0.717, 1.165) is 30.5 Å². The van der Waals surface area contributed by atoms with Gasteiger partial charge in [-0.25, -0.2) is 32.1 Å². The van der Waals surface area contributed by atoms with Crippen LogP contribution in [0.4, 0.5) is 22.0 Å². The molecule has 0 fully saturated rings. The highest BCUT2D eigenvalue weighted by atomic mass is 127. The van der Waals surface area contributed by atoms with E-state index in [1.807, 2.05) is 22.6 Å². The van der Waals surface area contributed by atoms with Gasteiger partial charge in [-0.3, -0.25) is 8.80 Å². The van der Waals surface area contributed by atoms with Crippen LogP contribution in [0.15, 0.2) is 76.0 Å². The summed E-state index contributed by atoms with van der Waals surface area (Å²) in [5.41, 5.74) is 1.09. The summed E-state index contributed by atoms with van der Waals surface area (Å²) < 4.78 is 86.1. The van der Waals surface area contributed by atoms with E-state index in [2.05, 4.69) is 15.0 Å². The summed E-state index contributed by atoms with van der Waals surface area (Å²) in [6.45, 7) is 1.91. The van der Waals surface area contributed by atoms with Gasteiger partial charge in [0.15, 0.2) is 0 Å². The average molecular weight is 777 g/mol. The molecule has 7 rings (SSSR count). The number of carboxylic acid groups (broad SMARTS) is 1. The van der Waals surface area contributed by atoms with Crippen LogP contribution >= 0.6 is 22.6 Å². The van der Waals surface area contributed by atoms with Gasteiger partial charge in [0.1, 0.15) is 38.4 Å². The number of carbonyl (C=O) groups excluding carboxylic acids is 1. The summed E-state index contributed by atoms with van der Waals surface area (Å²) >= 11 is 1.95. The standard InChI is InChI=1S/C17H8F3N3O3.C14H9F2IN2O3/c18-9-2-3-10(11(19)5-9)14-15(8-1-4-13(20)21-6-8)23-7-12(16(24)25)26-17(23)22-14;1-2-21-13(20)10-6-19-12(17)11(18-14(19)22-10)8-4-3-7(15)5-9(8)16/h1-7H,(H,24,25);3-6H,2H2,1H3. The molecular formula is C31H17F5IN5O6. The molecule has 0 unspecified atom stereocenters. The molecule has 0 atom stereocenters. The molecule has 1 N–H and O–H groups in total. The van der Waals surface area contributed by atoms with Crippen LogP contribution in [-0.4, -0.2) is 47.4 Å². The summed E-state index contributed by atoms with van der Waals surface area (Å²) in [4.78, 5) is 34.5. The maximum atomic E-state index is 14.2. The van der Waals surface area contributed by atoms with Crippen LogP contribution in [0.3, 0.4) is 0 Å². The fourth-order valence-corrected chi connectivity index (χ4v) is 5.33. The third kappa shape index (κ3) is 6.10. The molecule has 0 aliphatic carbocycles. The van der Waals surface area contributed by atoms with E-state index in [1.54, 1.807) is 6.92 Å². The minimum Gasteiger partial charge on any atom is -0.475 e. The first-order chi connectivity index (χ1) is 22.9. The number of hydrogen-bond acceptors (Lipinski definition) is 8. The van der Waals surface area contributed by atoms with Crippen molar-refractivity contribution in [2.45, 2.75) is 6.92 Å². The SMILES string of the molecule is CCOC(=O)c1cn2c(I)c(-c3ccc(F)cc3F)nc2o1.O=C(O)c1cn2c(-c3ccc(F)nc3)c(-c3ccc(F)cc3F)nc2o1. The van der Waals surface area contributed by atoms with Gasteiger partial charge in [-0.15, -0.1) is 0 Å². The smallest absolute Gasteiger partial charge is 0.375 e. The van der Waals surface area contributed by atoms with E-state index in [1.165, 1.54) is 39.4 Å². The van der Waals surface area contributed by atoms with Crippen molar-refractivity contribution in [3.8, 4) is 33.8 Å². The van der Waals surface area contributed by atoms with Crippen molar-refractivity contribution in [3.63, 3.8) is 0 Å². The molecule has 0 spiro atoms. The third-order valence-electron chi connectivity index (χ3n) is 6.66. The Bertz CT molecular complexity index is 2350. The fourth-order valence-electron chi connectivity index (χ4n) is 4.57. The monoisotopic (exact) mass is 777 g/mol. The Morgan fingerprint density at radius 1 is 0.833 bits per heavy atom. The minimum absolute atomic E-state index is 0.00777. The normalized spacial score (nSPS) is 11.1. The number of carboxylic acids is 1. The number of oxazole rings is 2. The van der Waals surface area contributed by atoms with Crippen LogP contribution in [0.5, 0.6) is 0 Å². The Hall–Kier alpha value is -5.59. The van der Waals surface area contributed by atoms with Gasteiger partial charge in [0.2, 0.25) is 17.5 Å². The minimum atomic E-state index is -1.31. The second-order valence-electron chi connectivity index (χ2n) is 9.70. The molecule has 0 amide bonds. The van der Waals surface area contributed by atoms with Crippen molar-refractivity contribution in [1.82, 2.24) is 23.8 Å². The van der Waals surface area contributed by atoms with Crippen molar-refractivity contribution >= 4 is 46.2 Å². The van der Waals surface area contributed by atoms with Crippen LogP contribution in [0, 0.1) is 32.9 Å². The number of hydrogen-bond donors (Lipinski definition) is 1. The zero-order valence-corrected chi connectivity index (χ0v) is 26.2. The molecule has 17 heteroatoms. The van der Waals surface area contributed by atoms with Crippen LogP contribution in [-0.2, 0) is 4.74 Å². The highest BCUT2D eigenvalue weighted by Crippen LogP contribution is 2.35. The van der Waals surface area contributed by atoms with Crippen molar-refractivity contribution in [3.05, 3.63) is 112 Å². The Kier molecular flexibility index (Phi) is 8.69. The van der Waals surface area contributed by atoms with E-state index < -0.39 is 41.2 Å². The van der Waals surface area contributed by atoms with Gasteiger partial charge in [-0.1, -0.05) is 0 Å². The van der Waals surface area contributed by atoms with Crippen molar-refractivity contribution < 1.29 is 50.2 Å². The quantitative estimate of drug-likeness (QED) is 0.0792. The second kappa shape index (κ2) is 12.9. The molecule has 5 heterocycles. The number of aromatic nitrogens is 5. The molecule has 0 bridgehead atoms. The molecule has 0 aliphatic rings. The number of carbonyl (C=O) groups is 2. The summed E-state index contributed by atoms with van der Waals surface area (Å²) in [6.07, 6.45) is 3.78. The fraction of sp³-hybridized carbons (Fsp3) is 0.0645. The zero-order valence-electron chi connectivity index (χ0n) is 24.1. The average Bonchev–Trinajstić information content (AvgIpc) is 3.79. The number of fused-ring (bicyclic) bond motifs is 2. The Morgan fingerprint density at radius 3 is 1.98 bits per heavy atom. The van der Waals surface area contributed by atoms with Gasteiger partial charge in [0.25, 0.3) is 0 Å². The molecule has 5 aromatic heterocycles. The van der Waals surface area contributed by atoms with Gasteiger partial charge in [0.05, 0.1) is 24.7 Å². The highest BCUT2D eigenvalue weighted by Gasteiger charge is 2.24. The lowest BCUT2D eigenvalue weighted by atomic mass is 10.1. The molecule has 0 aliphatic heterocycles. The number of nitrogens with zero attached hydrogens (tertiary/aromatic N) is 5. The van der Waals surface area contributed by atoms with Gasteiger partial charge < -0.3 is 18.7 Å². The van der Waals surface area contributed by atoms with Crippen LogP contribution in [0.2, 0.25) is 0 Å². The van der Waals surface area contributed by atoms with Crippen LogP contribution < -0.4 is 0 Å². The largest absolute Gasteiger partial charge is 0.475 e. The number of benzene rings is 2. The predicted octanol–water partition coefficient (Wildman–Crippen LogP) is 7.43. The number of ether oxygens (including phenoxy) is 1. The highest BCUT2D eigenvalue weighted by molar-refractivity contribution is 14.1. The van der Waals surface area contributed by atoms with Crippen LogP contribution in [0.1, 0.15) is 28.0 Å². The summed E-state index contributed by atoms with van der Waals surface area (Å²) in [6, 6.07) is 8.69. The lowest BCUT2D eigenvalue weighted by molar-refractivity contribution is 0.0491. The van der Waals surface area contributed by atoms with E-state index in [-0.39, 0.29) is 52.3 Å². The molecule has 11 nitrogen and oxygen atoms in total. The Labute approximate surface area is 278 Å². The Morgan fingerprint density at radius 2 is 1.42 bits per heavy atom. The van der Waals surface area contributed by atoms with Crippen molar-refractivity contribution in [2.75, 3.05) is 6.61 Å². The lowest BCUT2D eigenvalue weighted by Crippen LogP contribution is -2.03. The van der Waals surface area contributed by atoms with Gasteiger partial charge in [0, 0.05) is 35.0 Å². The molecule has 0 radical (unpaired) electrons. The number of imidazole rings is 2. The number of rotatable bonds is 6. The van der Waals surface area contributed by atoms with Crippen molar-refractivity contribution in [2.24, 2.45) is 0 Å². The maximum Gasteiger partial charge on any atom is 0.375 e. The first-order valence-corrected chi connectivity index (χ1v) is 14.7. The first kappa shape index (κ1) is 32.4. The molecule has 7 aromatic rings. The molecular weight excluding hydrogens is 760 g/mol. The maximum absolute atomic E-state index is 14.2. The first-order valence-electron chi connectivity index (χ1n) is 13.6. The Balaban J connectivity index is 0.000000170. The summed E-state index contributed by atoms with van der Waals surface area (Å²) in [5, 5.41) is 9.06. The van der Waals surface area contributed by atoms with E-state index in [0.29, 0.717) is 21.0 Å². The molecule has 2 aromatic carbocycles. The number of pyridine rings is 1. The van der Waals surface area contributed by atoms with E-state index in [9.17, 15) is 31.5 Å². The predicted molar refractivity (Wildman–Crippen MR) is 164 cm³/mol. The van der Waals surface area contributed by atoms with Gasteiger partial charge >= 0.3 is 23.6 Å². The number of halogens is 6. The topological polar surface area (TPSA) is 137 Å². The van der Waals surface area contributed by atoms with Gasteiger partial charge in [-0.2, -0.15) is 14.4 Å².